The average Bonchev–Trinajstić information content (AvgIpc) is 3.28. The number of piperazine rings is 1. The Labute approximate surface area is 191 Å². The molecule has 1 aliphatic rings. The van der Waals surface area contributed by atoms with E-state index in [1.165, 1.54) is 0 Å². The Morgan fingerprint density at radius 3 is 2.64 bits per heavy atom. The van der Waals surface area contributed by atoms with E-state index in [1.807, 2.05) is 40.9 Å². The van der Waals surface area contributed by atoms with E-state index in [1.54, 1.807) is 36.6 Å². The quantitative estimate of drug-likeness (QED) is 0.460. The summed E-state index contributed by atoms with van der Waals surface area (Å²) in [4.78, 5) is 32.3. The van der Waals surface area contributed by atoms with E-state index < -0.39 is 0 Å². The lowest BCUT2D eigenvalue weighted by atomic mass is 10.1. The summed E-state index contributed by atoms with van der Waals surface area (Å²) >= 11 is 0. The lowest BCUT2D eigenvalue weighted by Gasteiger charge is -2.38. The van der Waals surface area contributed by atoms with E-state index in [-0.39, 0.29) is 11.9 Å². The highest BCUT2D eigenvalue weighted by Gasteiger charge is 2.30. The molecule has 10 heteroatoms. The van der Waals surface area contributed by atoms with Gasteiger partial charge in [0.15, 0.2) is 11.5 Å². The zero-order chi connectivity index (χ0) is 22.8. The van der Waals surface area contributed by atoms with E-state index in [9.17, 15) is 4.79 Å². The van der Waals surface area contributed by atoms with Crippen LogP contribution in [0.5, 0.6) is 0 Å². The van der Waals surface area contributed by atoms with Gasteiger partial charge in [0.2, 0.25) is 5.95 Å². The fourth-order valence-corrected chi connectivity index (χ4v) is 4.08. The summed E-state index contributed by atoms with van der Waals surface area (Å²) < 4.78 is 1.92. The number of anilines is 1. The van der Waals surface area contributed by atoms with Crippen LogP contribution in [0.1, 0.15) is 27.9 Å². The fraction of sp³-hybridized carbons (Fsp3) is 0.304. The van der Waals surface area contributed by atoms with Gasteiger partial charge in [0.25, 0.3) is 5.91 Å². The lowest BCUT2D eigenvalue weighted by molar-refractivity contribution is 0.0783. The first-order chi connectivity index (χ1) is 16.1. The topological polar surface area (TPSA) is 95.7 Å². The van der Waals surface area contributed by atoms with Gasteiger partial charge >= 0.3 is 0 Å². The van der Waals surface area contributed by atoms with Gasteiger partial charge < -0.3 is 9.80 Å². The molecule has 0 aliphatic carbocycles. The van der Waals surface area contributed by atoms with Crippen LogP contribution in [0.4, 0.5) is 5.95 Å². The monoisotopic (exact) mass is 443 g/mol. The second kappa shape index (κ2) is 8.91. The van der Waals surface area contributed by atoms with Crippen molar-refractivity contribution in [3.05, 3.63) is 78.3 Å². The summed E-state index contributed by atoms with van der Waals surface area (Å²) in [5.74, 6) is 1.41. The van der Waals surface area contributed by atoms with Gasteiger partial charge in [-0.25, -0.2) is 9.97 Å². The fourth-order valence-electron chi connectivity index (χ4n) is 4.08. The molecule has 5 heterocycles. The minimum atomic E-state index is -0.0847. The third-order valence-electron chi connectivity index (χ3n) is 5.93. The number of aromatic nitrogens is 6. The molecule has 10 nitrogen and oxygen atoms in total. The standard InChI is InChI=1S/C23H25N9O/c1-29-12-13-31(23-25-10-5-11-26-23)16-19(29)21-28-27-20-8-7-17(14-32(20)21)22(33)30(2)15-18-6-3-4-9-24-18/h3-11,14,19H,12-13,15-16H2,1-2H3/t19-/m0/s1. The highest BCUT2D eigenvalue weighted by atomic mass is 16.2. The molecule has 1 fully saturated rings. The molecular formula is C23H25N9O. The second-order valence-electron chi connectivity index (χ2n) is 8.18. The zero-order valence-corrected chi connectivity index (χ0v) is 18.6. The predicted octanol–water partition coefficient (Wildman–Crippen LogP) is 1.68. The summed E-state index contributed by atoms with van der Waals surface area (Å²) in [5, 5.41) is 8.82. The van der Waals surface area contributed by atoms with Crippen molar-refractivity contribution in [2.24, 2.45) is 0 Å². The van der Waals surface area contributed by atoms with Crippen molar-refractivity contribution in [2.45, 2.75) is 12.6 Å². The Hall–Kier alpha value is -3.92. The molecule has 1 aliphatic heterocycles. The van der Waals surface area contributed by atoms with Crippen molar-refractivity contribution in [1.82, 2.24) is 39.3 Å². The van der Waals surface area contributed by atoms with Crippen molar-refractivity contribution < 1.29 is 4.79 Å². The maximum absolute atomic E-state index is 13.1. The van der Waals surface area contributed by atoms with Crippen LogP contribution in [0.3, 0.4) is 0 Å². The van der Waals surface area contributed by atoms with Gasteiger partial charge in [-0.2, -0.15) is 0 Å². The minimum Gasteiger partial charge on any atom is -0.338 e. The minimum absolute atomic E-state index is 0.0193. The first-order valence-corrected chi connectivity index (χ1v) is 10.8. The SMILES string of the molecule is CN(Cc1ccccn1)C(=O)c1ccc2nnc([C@@H]3CN(c4ncccn4)CCN3C)n2c1. The van der Waals surface area contributed by atoms with E-state index in [0.29, 0.717) is 30.2 Å². The van der Waals surface area contributed by atoms with Gasteiger partial charge in [-0.3, -0.25) is 19.1 Å². The third-order valence-corrected chi connectivity index (χ3v) is 5.93. The first-order valence-electron chi connectivity index (χ1n) is 10.8. The average molecular weight is 444 g/mol. The number of amides is 1. The van der Waals surface area contributed by atoms with Gasteiger partial charge in [-0.15, -0.1) is 10.2 Å². The smallest absolute Gasteiger partial charge is 0.255 e. The molecule has 4 aromatic heterocycles. The number of likely N-dealkylation sites (N-methyl/N-ethyl adjacent to an activating group) is 1. The highest BCUT2D eigenvalue weighted by Crippen LogP contribution is 2.25. The molecule has 0 N–H and O–H groups in total. The number of hydrogen-bond acceptors (Lipinski definition) is 8. The second-order valence-corrected chi connectivity index (χ2v) is 8.18. The largest absolute Gasteiger partial charge is 0.338 e. The van der Waals surface area contributed by atoms with Crippen LogP contribution in [0.2, 0.25) is 0 Å². The van der Waals surface area contributed by atoms with Gasteiger partial charge in [0.1, 0.15) is 0 Å². The van der Waals surface area contributed by atoms with Crippen LogP contribution in [0.15, 0.2) is 61.2 Å². The van der Waals surface area contributed by atoms with Crippen LogP contribution in [0, 0.1) is 0 Å². The van der Waals surface area contributed by atoms with Gasteiger partial charge in [0, 0.05) is 51.5 Å². The van der Waals surface area contributed by atoms with Crippen molar-refractivity contribution in [3.63, 3.8) is 0 Å². The molecule has 0 spiro atoms. The number of carbonyl (C=O) groups excluding carboxylic acids is 1. The molecule has 1 saturated heterocycles. The normalized spacial score (nSPS) is 16.8. The summed E-state index contributed by atoms with van der Waals surface area (Å²) in [6.07, 6.45) is 7.06. The van der Waals surface area contributed by atoms with Gasteiger partial charge in [-0.05, 0) is 37.4 Å². The highest BCUT2D eigenvalue weighted by molar-refractivity contribution is 5.94. The van der Waals surface area contributed by atoms with Crippen LogP contribution in [-0.4, -0.2) is 79.0 Å². The number of pyridine rings is 2. The molecule has 0 radical (unpaired) electrons. The number of carbonyl (C=O) groups is 1. The summed E-state index contributed by atoms with van der Waals surface area (Å²) in [6, 6.07) is 11.1. The number of nitrogens with zero attached hydrogens (tertiary/aromatic N) is 9. The van der Waals surface area contributed by atoms with Crippen molar-refractivity contribution in [1.29, 1.82) is 0 Å². The number of hydrogen-bond donors (Lipinski definition) is 0. The molecule has 0 unspecified atom stereocenters. The first kappa shape index (κ1) is 21.0. The van der Waals surface area contributed by atoms with Gasteiger partial charge in [0.05, 0.1) is 23.8 Å². The molecule has 168 valence electrons. The van der Waals surface area contributed by atoms with E-state index in [4.69, 9.17) is 0 Å². The van der Waals surface area contributed by atoms with E-state index >= 15 is 0 Å². The lowest BCUT2D eigenvalue weighted by Crippen LogP contribution is -2.47. The Bertz CT molecular complexity index is 1240. The molecular weight excluding hydrogens is 418 g/mol. The van der Waals surface area contributed by atoms with Crippen LogP contribution in [0.25, 0.3) is 5.65 Å². The van der Waals surface area contributed by atoms with Gasteiger partial charge in [-0.1, -0.05) is 6.07 Å². The summed E-state index contributed by atoms with van der Waals surface area (Å²) in [5.41, 5.74) is 2.12. The van der Waals surface area contributed by atoms with E-state index in [2.05, 4.69) is 42.0 Å². The third kappa shape index (κ3) is 4.24. The Morgan fingerprint density at radius 2 is 1.85 bits per heavy atom. The van der Waals surface area contributed by atoms with Crippen LogP contribution in [-0.2, 0) is 6.54 Å². The van der Waals surface area contributed by atoms with Crippen molar-refractivity contribution >= 4 is 17.5 Å². The molecule has 4 aromatic rings. The maximum atomic E-state index is 13.1. The van der Waals surface area contributed by atoms with E-state index in [0.717, 1.165) is 24.6 Å². The Balaban J connectivity index is 1.41. The van der Waals surface area contributed by atoms with Crippen molar-refractivity contribution in [3.8, 4) is 0 Å². The summed E-state index contributed by atoms with van der Waals surface area (Å²) in [7, 11) is 3.85. The molecule has 0 aromatic carbocycles. The molecule has 5 rings (SSSR count). The molecule has 1 atom stereocenters. The van der Waals surface area contributed by atoms with Crippen molar-refractivity contribution in [2.75, 3.05) is 38.6 Å². The molecule has 1 amide bonds. The Kier molecular flexibility index (Phi) is 5.66. The molecule has 33 heavy (non-hydrogen) atoms. The maximum Gasteiger partial charge on any atom is 0.255 e. The van der Waals surface area contributed by atoms with Crippen LogP contribution >= 0.6 is 0 Å². The number of fused-ring (bicyclic) bond motifs is 1. The summed E-state index contributed by atoms with van der Waals surface area (Å²) in [6.45, 7) is 2.78. The molecule has 0 saturated carbocycles. The van der Waals surface area contributed by atoms with Crippen LogP contribution < -0.4 is 4.90 Å². The molecule has 0 bridgehead atoms. The predicted molar refractivity (Wildman–Crippen MR) is 123 cm³/mol. The Morgan fingerprint density at radius 1 is 1.03 bits per heavy atom. The number of rotatable bonds is 5. The zero-order valence-electron chi connectivity index (χ0n) is 18.6.